The first-order chi connectivity index (χ1) is 13.7. The van der Waals surface area contributed by atoms with Gasteiger partial charge in [-0.15, -0.1) is 0 Å². The standard InChI is InChI=1S/C20H18Cl2FN3O3/c1-20(15-7-6-14(23)10-16(15)22)18(28)26(19(29)25-20)11-17(27)24-9-8-12-2-4-13(21)5-3-12/h2-7,10H,8-9,11H2,1H3,(H,24,27)(H,25,29). The minimum absolute atomic E-state index is 0.00964. The molecule has 1 atom stereocenters. The van der Waals surface area contributed by atoms with E-state index in [2.05, 4.69) is 10.6 Å². The van der Waals surface area contributed by atoms with E-state index in [1.807, 2.05) is 12.1 Å². The highest BCUT2D eigenvalue weighted by Gasteiger charge is 2.50. The Morgan fingerprint density at radius 3 is 2.52 bits per heavy atom. The molecular formula is C20H18Cl2FN3O3. The summed E-state index contributed by atoms with van der Waals surface area (Å²) in [4.78, 5) is 38.2. The average Bonchev–Trinajstić information content (AvgIpc) is 2.87. The second kappa shape index (κ2) is 8.39. The number of nitrogens with one attached hydrogen (secondary N) is 2. The van der Waals surface area contributed by atoms with Gasteiger partial charge < -0.3 is 10.6 Å². The topological polar surface area (TPSA) is 78.5 Å². The van der Waals surface area contributed by atoms with Crippen molar-refractivity contribution in [1.29, 1.82) is 0 Å². The van der Waals surface area contributed by atoms with Crippen LogP contribution in [0.3, 0.4) is 0 Å². The lowest BCUT2D eigenvalue weighted by atomic mass is 9.92. The fourth-order valence-corrected chi connectivity index (χ4v) is 3.60. The maximum atomic E-state index is 13.3. The van der Waals surface area contributed by atoms with Gasteiger partial charge in [-0.05, 0) is 43.2 Å². The zero-order chi connectivity index (χ0) is 21.2. The van der Waals surface area contributed by atoms with Gasteiger partial charge in [0, 0.05) is 22.2 Å². The summed E-state index contributed by atoms with van der Waals surface area (Å²) in [5, 5.41) is 5.85. The highest BCUT2D eigenvalue weighted by atomic mass is 35.5. The molecule has 0 aliphatic carbocycles. The number of carbonyl (C=O) groups excluding carboxylic acids is 3. The number of urea groups is 1. The molecule has 1 aliphatic heterocycles. The Morgan fingerprint density at radius 1 is 1.17 bits per heavy atom. The van der Waals surface area contributed by atoms with Crippen molar-refractivity contribution in [2.24, 2.45) is 0 Å². The van der Waals surface area contributed by atoms with Crippen molar-refractivity contribution < 1.29 is 18.8 Å². The Hall–Kier alpha value is -2.64. The number of amides is 4. The summed E-state index contributed by atoms with van der Waals surface area (Å²) >= 11 is 11.9. The summed E-state index contributed by atoms with van der Waals surface area (Å²) < 4.78 is 13.3. The summed E-state index contributed by atoms with van der Waals surface area (Å²) in [6.07, 6.45) is 0.575. The number of imide groups is 1. The highest BCUT2D eigenvalue weighted by Crippen LogP contribution is 2.33. The number of rotatable bonds is 6. The molecule has 0 spiro atoms. The van der Waals surface area contributed by atoms with Gasteiger partial charge in [0.15, 0.2) is 0 Å². The van der Waals surface area contributed by atoms with Crippen LogP contribution < -0.4 is 10.6 Å². The molecule has 4 amide bonds. The predicted molar refractivity (Wildman–Crippen MR) is 107 cm³/mol. The molecule has 2 aromatic carbocycles. The monoisotopic (exact) mass is 437 g/mol. The molecule has 0 aromatic heterocycles. The van der Waals surface area contributed by atoms with Gasteiger partial charge in [-0.3, -0.25) is 14.5 Å². The van der Waals surface area contributed by atoms with Crippen molar-refractivity contribution in [1.82, 2.24) is 15.5 Å². The molecule has 6 nitrogen and oxygen atoms in total. The third-order valence-electron chi connectivity index (χ3n) is 4.70. The lowest BCUT2D eigenvalue weighted by Gasteiger charge is -2.23. The molecule has 1 saturated heterocycles. The van der Waals surface area contributed by atoms with E-state index in [0.717, 1.165) is 22.6 Å². The second-order valence-electron chi connectivity index (χ2n) is 6.80. The molecule has 9 heteroatoms. The van der Waals surface area contributed by atoms with Crippen molar-refractivity contribution in [2.45, 2.75) is 18.9 Å². The normalized spacial score (nSPS) is 18.7. The first-order valence-corrected chi connectivity index (χ1v) is 9.57. The zero-order valence-electron chi connectivity index (χ0n) is 15.5. The van der Waals surface area contributed by atoms with Gasteiger partial charge in [0.25, 0.3) is 5.91 Å². The van der Waals surface area contributed by atoms with E-state index >= 15 is 0 Å². The fraction of sp³-hybridized carbons (Fsp3) is 0.250. The smallest absolute Gasteiger partial charge is 0.325 e. The van der Waals surface area contributed by atoms with Crippen LogP contribution in [0.5, 0.6) is 0 Å². The Balaban J connectivity index is 1.62. The molecule has 1 fully saturated rings. The Morgan fingerprint density at radius 2 is 1.86 bits per heavy atom. The van der Waals surface area contributed by atoms with E-state index in [0.29, 0.717) is 18.0 Å². The summed E-state index contributed by atoms with van der Waals surface area (Å²) in [5.74, 6) is -1.67. The number of hydrogen-bond donors (Lipinski definition) is 2. The quantitative estimate of drug-likeness (QED) is 0.680. The highest BCUT2D eigenvalue weighted by molar-refractivity contribution is 6.32. The summed E-state index contributed by atoms with van der Waals surface area (Å²) in [6, 6.07) is 10.1. The molecule has 2 N–H and O–H groups in total. The van der Waals surface area contributed by atoms with Gasteiger partial charge in [-0.1, -0.05) is 41.4 Å². The maximum Gasteiger partial charge on any atom is 0.325 e. The number of benzene rings is 2. The predicted octanol–water partition coefficient (Wildman–Crippen LogP) is 3.26. The van der Waals surface area contributed by atoms with E-state index in [4.69, 9.17) is 23.2 Å². The van der Waals surface area contributed by atoms with Crippen LogP contribution in [0.2, 0.25) is 10.0 Å². The van der Waals surface area contributed by atoms with E-state index in [-0.39, 0.29) is 10.6 Å². The van der Waals surface area contributed by atoms with Crippen LogP contribution in [-0.4, -0.2) is 35.8 Å². The molecule has 0 radical (unpaired) electrons. The molecule has 3 rings (SSSR count). The summed E-state index contributed by atoms with van der Waals surface area (Å²) in [7, 11) is 0. The maximum absolute atomic E-state index is 13.3. The first-order valence-electron chi connectivity index (χ1n) is 8.81. The number of halogens is 3. The Labute approximate surface area is 177 Å². The van der Waals surface area contributed by atoms with Crippen molar-refractivity contribution in [3.63, 3.8) is 0 Å². The second-order valence-corrected chi connectivity index (χ2v) is 7.64. The molecule has 29 heavy (non-hydrogen) atoms. The molecule has 1 unspecified atom stereocenters. The van der Waals surface area contributed by atoms with Gasteiger partial charge in [0.1, 0.15) is 17.9 Å². The molecular weight excluding hydrogens is 420 g/mol. The lowest BCUT2D eigenvalue weighted by Crippen LogP contribution is -2.43. The van der Waals surface area contributed by atoms with Crippen LogP contribution in [0, 0.1) is 5.82 Å². The molecule has 1 aliphatic rings. The Bertz CT molecular complexity index is 968. The lowest BCUT2D eigenvalue weighted by molar-refractivity contribution is -0.134. The van der Waals surface area contributed by atoms with E-state index in [9.17, 15) is 18.8 Å². The fourth-order valence-electron chi connectivity index (χ4n) is 3.11. The van der Waals surface area contributed by atoms with Crippen LogP contribution in [0.4, 0.5) is 9.18 Å². The van der Waals surface area contributed by atoms with E-state index in [1.165, 1.54) is 13.0 Å². The molecule has 152 valence electrons. The molecule has 2 aromatic rings. The van der Waals surface area contributed by atoms with E-state index in [1.54, 1.807) is 12.1 Å². The van der Waals surface area contributed by atoms with Crippen molar-refractivity contribution in [3.05, 3.63) is 69.5 Å². The first kappa shape index (κ1) is 21.1. The molecule has 0 bridgehead atoms. The molecule has 1 heterocycles. The summed E-state index contributed by atoms with van der Waals surface area (Å²) in [6.45, 7) is 1.37. The van der Waals surface area contributed by atoms with Crippen molar-refractivity contribution >= 4 is 41.0 Å². The van der Waals surface area contributed by atoms with Crippen molar-refractivity contribution in [3.8, 4) is 0 Å². The van der Waals surface area contributed by atoms with Gasteiger partial charge in [0.2, 0.25) is 5.91 Å². The number of nitrogens with zero attached hydrogens (tertiary/aromatic N) is 1. The van der Waals surface area contributed by atoms with Gasteiger partial charge in [0.05, 0.1) is 0 Å². The minimum atomic E-state index is -1.48. The zero-order valence-corrected chi connectivity index (χ0v) is 17.0. The van der Waals surface area contributed by atoms with Crippen molar-refractivity contribution in [2.75, 3.05) is 13.1 Å². The number of carbonyl (C=O) groups is 3. The third-order valence-corrected chi connectivity index (χ3v) is 5.26. The van der Waals surface area contributed by atoms with Gasteiger partial charge >= 0.3 is 6.03 Å². The van der Waals surface area contributed by atoms with Gasteiger partial charge in [-0.25, -0.2) is 9.18 Å². The molecule has 0 saturated carbocycles. The van der Waals surface area contributed by atoms with Crippen LogP contribution in [0.15, 0.2) is 42.5 Å². The minimum Gasteiger partial charge on any atom is -0.354 e. The number of hydrogen-bond acceptors (Lipinski definition) is 3. The van der Waals surface area contributed by atoms with Crippen LogP contribution >= 0.6 is 23.2 Å². The third kappa shape index (κ3) is 4.52. The van der Waals surface area contributed by atoms with E-state index < -0.39 is 35.7 Å². The van der Waals surface area contributed by atoms with Crippen LogP contribution in [-0.2, 0) is 21.5 Å². The van der Waals surface area contributed by atoms with Crippen LogP contribution in [0.1, 0.15) is 18.1 Å². The Kier molecular flexibility index (Phi) is 6.10. The van der Waals surface area contributed by atoms with Crippen LogP contribution in [0.25, 0.3) is 0 Å². The average molecular weight is 438 g/mol. The summed E-state index contributed by atoms with van der Waals surface area (Å²) in [5.41, 5.74) is -0.237. The van der Waals surface area contributed by atoms with Gasteiger partial charge in [-0.2, -0.15) is 0 Å². The SMILES string of the molecule is CC1(c2ccc(F)cc2Cl)NC(=O)N(CC(=O)NCCc2ccc(Cl)cc2)C1=O. The largest absolute Gasteiger partial charge is 0.354 e.